The summed E-state index contributed by atoms with van der Waals surface area (Å²) >= 11 is 0. The summed E-state index contributed by atoms with van der Waals surface area (Å²) in [6.45, 7) is 0. The first-order valence-corrected chi connectivity index (χ1v) is 6.36. The highest BCUT2D eigenvalue weighted by Crippen LogP contribution is 2.31. The number of aromatic amines is 1. The van der Waals surface area contributed by atoms with E-state index >= 15 is 0 Å². The summed E-state index contributed by atoms with van der Waals surface area (Å²) < 4.78 is 0. The number of nitrogens with one attached hydrogen (secondary N) is 1. The summed E-state index contributed by atoms with van der Waals surface area (Å²) in [6, 6.07) is 6.04. The van der Waals surface area contributed by atoms with E-state index in [-0.39, 0.29) is 11.5 Å². The van der Waals surface area contributed by atoms with Crippen LogP contribution in [0.5, 0.6) is 0 Å². The van der Waals surface area contributed by atoms with Crippen LogP contribution >= 0.6 is 0 Å². The third-order valence-corrected chi connectivity index (χ3v) is 3.65. The van der Waals surface area contributed by atoms with E-state index in [0.29, 0.717) is 5.56 Å². The zero-order chi connectivity index (χ0) is 13.4. The Hall–Kier alpha value is -2.30. The van der Waals surface area contributed by atoms with Gasteiger partial charge in [0.05, 0.1) is 5.56 Å². The lowest BCUT2D eigenvalue weighted by Crippen LogP contribution is -2.04. The first kappa shape index (κ1) is 11.8. The van der Waals surface area contributed by atoms with Gasteiger partial charge in [-0.1, -0.05) is 18.2 Å². The Morgan fingerprint density at radius 1 is 1.26 bits per heavy atom. The van der Waals surface area contributed by atoms with Crippen LogP contribution in [0.1, 0.15) is 34.5 Å². The van der Waals surface area contributed by atoms with Crippen LogP contribution in [-0.4, -0.2) is 21.3 Å². The van der Waals surface area contributed by atoms with Gasteiger partial charge in [0.15, 0.2) is 11.5 Å². The Morgan fingerprint density at radius 2 is 2.00 bits per heavy atom. The van der Waals surface area contributed by atoms with E-state index in [1.807, 2.05) is 12.1 Å². The highest BCUT2D eigenvalue weighted by atomic mass is 16.4. The fourth-order valence-electron chi connectivity index (χ4n) is 2.69. The van der Waals surface area contributed by atoms with Crippen LogP contribution < -0.4 is 5.73 Å². The summed E-state index contributed by atoms with van der Waals surface area (Å²) in [7, 11) is 0. The first-order valence-electron chi connectivity index (χ1n) is 6.36. The number of carboxylic acids is 1. The fraction of sp³-hybridized carbons (Fsp3) is 0.286. The Balaban J connectivity index is 2.12. The van der Waals surface area contributed by atoms with Crippen molar-refractivity contribution in [2.24, 2.45) is 0 Å². The van der Waals surface area contributed by atoms with Gasteiger partial charge in [-0.2, -0.15) is 5.10 Å². The lowest BCUT2D eigenvalue weighted by Gasteiger charge is -2.16. The standard InChI is InChI=1S/C14H15N3O2/c15-13-11(12(14(18)19)16-17-13)10-6-5-8-3-1-2-4-9(8)7-10/h5-7H,1-4H2,(H,18,19)(H3,15,16,17). The average molecular weight is 257 g/mol. The van der Waals surface area contributed by atoms with E-state index in [1.54, 1.807) is 0 Å². The van der Waals surface area contributed by atoms with Gasteiger partial charge in [0.2, 0.25) is 0 Å². The van der Waals surface area contributed by atoms with E-state index < -0.39 is 5.97 Å². The Labute approximate surface area is 110 Å². The minimum atomic E-state index is -1.04. The van der Waals surface area contributed by atoms with Crippen LogP contribution in [0.15, 0.2) is 18.2 Å². The summed E-state index contributed by atoms with van der Waals surface area (Å²) in [5, 5.41) is 15.4. The molecule has 19 heavy (non-hydrogen) atoms. The van der Waals surface area contributed by atoms with Crippen LogP contribution in [0, 0.1) is 0 Å². The molecule has 1 aliphatic carbocycles. The lowest BCUT2D eigenvalue weighted by atomic mass is 9.89. The largest absolute Gasteiger partial charge is 0.477 e. The molecule has 5 nitrogen and oxygen atoms in total. The Kier molecular flexibility index (Phi) is 2.74. The number of anilines is 1. The molecule has 1 aliphatic rings. The van der Waals surface area contributed by atoms with Crippen LogP contribution in [-0.2, 0) is 12.8 Å². The molecule has 5 heteroatoms. The lowest BCUT2D eigenvalue weighted by molar-refractivity contribution is 0.0691. The number of aromatic carboxylic acids is 1. The number of aryl methyl sites for hydroxylation is 2. The molecule has 0 fully saturated rings. The predicted octanol–water partition coefficient (Wildman–Crippen LogP) is 2.24. The number of hydrogen-bond donors (Lipinski definition) is 3. The molecule has 1 aromatic carbocycles. The molecule has 0 saturated heterocycles. The number of carbonyl (C=O) groups is 1. The second-order valence-corrected chi connectivity index (χ2v) is 4.85. The van der Waals surface area contributed by atoms with E-state index in [9.17, 15) is 4.79 Å². The van der Waals surface area contributed by atoms with Gasteiger partial charge in [-0.25, -0.2) is 4.79 Å². The molecule has 0 aliphatic heterocycles. The molecule has 0 saturated carbocycles. The number of aromatic nitrogens is 2. The summed E-state index contributed by atoms with van der Waals surface area (Å²) in [6.07, 6.45) is 4.55. The molecule has 2 aromatic rings. The van der Waals surface area contributed by atoms with Crippen molar-refractivity contribution in [1.29, 1.82) is 0 Å². The maximum atomic E-state index is 11.2. The van der Waals surface area contributed by atoms with Gasteiger partial charge in [-0.3, -0.25) is 5.10 Å². The van der Waals surface area contributed by atoms with Gasteiger partial charge in [-0.15, -0.1) is 0 Å². The zero-order valence-corrected chi connectivity index (χ0v) is 10.4. The Bertz CT molecular complexity index is 646. The maximum absolute atomic E-state index is 11.2. The fourth-order valence-corrected chi connectivity index (χ4v) is 2.69. The number of rotatable bonds is 2. The van der Waals surface area contributed by atoms with E-state index in [4.69, 9.17) is 10.8 Å². The number of H-pyrrole nitrogens is 1. The van der Waals surface area contributed by atoms with Crippen molar-refractivity contribution in [2.75, 3.05) is 5.73 Å². The average Bonchev–Trinajstić information content (AvgIpc) is 2.80. The third-order valence-electron chi connectivity index (χ3n) is 3.65. The molecule has 0 radical (unpaired) electrons. The van der Waals surface area contributed by atoms with Crippen molar-refractivity contribution in [3.05, 3.63) is 35.0 Å². The van der Waals surface area contributed by atoms with Crippen molar-refractivity contribution in [3.8, 4) is 11.1 Å². The number of nitrogens with two attached hydrogens (primary N) is 1. The minimum Gasteiger partial charge on any atom is -0.477 e. The summed E-state index contributed by atoms with van der Waals surface area (Å²) in [5.41, 5.74) is 9.79. The second-order valence-electron chi connectivity index (χ2n) is 4.85. The van der Waals surface area contributed by atoms with Crippen molar-refractivity contribution in [2.45, 2.75) is 25.7 Å². The third kappa shape index (κ3) is 1.97. The predicted molar refractivity (Wildman–Crippen MR) is 72.0 cm³/mol. The maximum Gasteiger partial charge on any atom is 0.354 e. The topological polar surface area (TPSA) is 92.0 Å². The number of hydrogen-bond acceptors (Lipinski definition) is 3. The number of benzene rings is 1. The number of nitrogen functional groups attached to an aromatic ring is 1. The molecule has 3 rings (SSSR count). The van der Waals surface area contributed by atoms with E-state index in [2.05, 4.69) is 16.3 Å². The van der Waals surface area contributed by atoms with Gasteiger partial charge < -0.3 is 10.8 Å². The van der Waals surface area contributed by atoms with Gasteiger partial charge in [0.1, 0.15) is 0 Å². The van der Waals surface area contributed by atoms with Crippen LogP contribution in [0.2, 0.25) is 0 Å². The smallest absolute Gasteiger partial charge is 0.354 e. The second kappa shape index (κ2) is 4.42. The van der Waals surface area contributed by atoms with Crippen molar-refractivity contribution >= 4 is 11.8 Å². The monoisotopic (exact) mass is 257 g/mol. The molecule has 4 N–H and O–H groups in total. The molecule has 1 heterocycles. The van der Waals surface area contributed by atoms with Crippen LogP contribution in [0.4, 0.5) is 5.82 Å². The first-order chi connectivity index (χ1) is 9.16. The van der Waals surface area contributed by atoms with E-state index in [0.717, 1.165) is 18.4 Å². The zero-order valence-electron chi connectivity index (χ0n) is 10.4. The molecular weight excluding hydrogens is 242 g/mol. The normalized spacial score (nSPS) is 14.1. The quantitative estimate of drug-likeness (QED) is 0.769. The number of carboxylic acid groups (broad SMARTS) is 1. The molecule has 98 valence electrons. The highest BCUT2D eigenvalue weighted by Gasteiger charge is 2.19. The number of nitrogens with zero attached hydrogens (tertiary/aromatic N) is 1. The summed E-state index contributed by atoms with van der Waals surface area (Å²) in [4.78, 5) is 11.2. The number of fused-ring (bicyclic) bond motifs is 1. The minimum absolute atomic E-state index is 0.0493. The highest BCUT2D eigenvalue weighted by molar-refractivity contribution is 5.97. The van der Waals surface area contributed by atoms with Gasteiger partial charge in [-0.05, 0) is 42.4 Å². The molecule has 0 amide bonds. The van der Waals surface area contributed by atoms with Gasteiger partial charge >= 0.3 is 5.97 Å². The van der Waals surface area contributed by atoms with Crippen LogP contribution in [0.3, 0.4) is 0 Å². The van der Waals surface area contributed by atoms with Crippen LogP contribution in [0.25, 0.3) is 11.1 Å². The molecule has 0 atom stereocenters. The molecule has 0 spiro atoms. The summed E-state index contributed by atoms with van der Waals surface area (Å²) in [5.74, 6) is -0.815. The SMILES string of the molecule is Nc1n[nH]c(C(=O)O)c1-c1ccc2c(c1)CCCC2. The molecule has 0 unspecified atom stereocenters. The van der Waals surface area contributed by atoms with Gasteiger partial charge in [0.25, 0.3) is 0 Å². The van der Waals surface area contributed by atoms with Crippen molar-refractivity contribution in [1.82, 2.24) is 10.2 Å². The van der Waals surface area contributed by atoms with Gasteiger partial charge in [0, 0.05) is 0 Å². The van der Waals surface area contributed by atoms with Crippen molar-refractivity contribution in [3.63, 3.8) is 0 Å². The van der Waals surface area contributed by atoms with Crippen molar-refractivity contribution < 1.29 is 9.90 Å². The molecular formula is C14H15N3O2. The van der Waals surface area contributed by atoms with E-state index in [1.165, 1.54) is 24.0 Å². The Morgan fingerprint density at radius 3 is 2.74 bits per heavy atom. The molecule has 1 aromatic heterocycles. The molecule has 0 bridgehead atoms.